The minimum absolute atomic E-state index is 0.0921. The van der Waals surface area contributed by atoms with Gasteiger partial charge in [0.15, 0.2) is 16.6 Å². The van der Waals surface area contributed by atoms with Crippen LogP contribution in [0.4, 0.5) is 10.5 Å². The van der Waals surface area contributed by atoms with Gasteiger partial charge in [-0.25, -0.2) is 4.79 Å². The van der Waals surface area contributed by atoms with Gasteiger partial charge in [-0.15, -0.1) is 0 Å². The van der Waals surface area contributed by atoms with Crippen molar-refractivity contribution in [2.45, 2.75) is 46.1 Å². The fourth-order valence-electron chi connectivity index (χ4n) is 3.40. The van der Waals surface area contributed by atoms with Crippen LogP contribution >= 0.6 is 11.8 Å². The summed E-state index contributed by atoms with van der Waals surface area (Å²) in [7, 11) is 2.80. The molecule has 1 atom stereocenters. The molecule has 0 spiro atoms. The van der Waals surface area contributed by atoms with E-state index in [1.807, 2.05) is 6.92 Å². The number of benzene rings is 1. The highest BCUT2D eigenvalue weighted by Gasteiger charge is 2.42. The molecule has 0 saturated carbocycles. The van der Waals surface area contributed by atoms with Crippen LogP contribution < -0.4 is 9.47 Å². The van der Waals surface area contributed by atoms with Crippen molar-refractivity contribution >= 4 is 28.7 Å². The summed E-state index contributed by atoms with van der Waals surface area (Å²) in [5.74, 6) is 1.31. The van der Waals surface area contributed by atoms with Gasteiger partial charge >= 0.3 is 6.09 Å². The number of hydrogen-bond donors (Lipinski definition) is 0. The van der Waals surface area contributed by atoms with Gasteiger partial charge < -0.3 is 19.1 Å². The summed E-state index contributed by atoms with van der Waals surface area (Å²) >= 11 is 1.33. The molecule has 1 amide bonds. The van der Waals surface area contributed by atoms with E-state index in [4.69, 9.17) is 14.2 Å². The third kappa shape index (κ3) is 6.25. The molecule has 1 aliphatic rings. The molecule has 0 bridgehead atoms. The summed E-state index contributed by atoms with van der Waals surface area (Å²) in [6.45, 7) is 4.38. The zero-order chi connectivity index (χ0) is 23.0. The Morgan fingerprint density at radius 3 is 2.52 bits per heavy atom. The van der Waals surface area contributed by atoms with Crippen LogP contribution in [0.3, 0.4) is 0 Å². The largest absolute Gasteiger partial charge is 0.493 e. The van der Waals surface area contributed by atoms with Gasteiger partial charge in [-0.3, -0.25) is 14.9 Å². The van der Waals surface area contributed by atoms with Gasteiger partial charge in [-0.1, -0.05) is 31.5 Å². The number of nitro groups is 1. The number of carbonyl (C=O) groups is 2. The Labute approximate surface area is 186 Å². The van der Waals surface area contributed by atoms with Crippen LogP contribution in [-0.2, 0) is 16.1 Å². The minimum atomic E-state index is -0.606. The molecule has 31 heavy (non-hydrogen) atoms. The van der Waals surface area contributed by atoms with Crippen molar-refractivity contribution in [2.75, 3.05) is 33.1 Å². The lowest BCUT2D eigenvalue weighted by molar-refractivity contribution is -0.385. The predicted molar refractivity (Wildman–Crippen MR) is 118 cm³/mol. The van der Waals surface area contributed by atoms with Crippen molar-refractivity contribution in [3.05, 3.63) is 27.8 Å². The van der Waals surface area contributed by atoms with E-state index in [1.54, 1.807) is 0 Å². The maximum atomic E-state index is 12.6. The lowest BCUT2D eigenvalue weighted by Crippen LogP contribution is -2.34. The Hall–Kier alpha value is -2.49. The fraction of sp³-hybridized carbons (Fsp3) is 0.619. The van der Waals surface area contributed by atoms with E-state index >= 15 is 0 Å². The Bertz CT molecular complexity index is 817. The molecule has 9 nitrogen and oxygen atoms in total. The van der Waals surface area contributed by atoms with E-state index in [1.165, 1.54) is 43.0 Å². The molecular weight excluding hydrogens is 424 g/mol. The van der Waals surface area contributed by atoms with Gasteiger partial charge in [0.05, 0.1) is 36.2 Å². The third-order valence-corrected chi connectivity index (χ3v) is 6.59. The topological polar surface area (TPSA) is 108 Å². The molecule has 1 aromatic rings. The zero-order valence-corrected chi connectivity index (χ0v) is 19.3. The van der Waals surface area contributed by atoms with Crippen LogP contribution in [0.1, 0.15) is 45.1 Å². The summed E-state index contributed by atoms with van der Waals surface area (Å²) in [6.07, 6.45) is 3.16. The summed E-state index contributed by atoms with van der Waals surface area (Å²) in [5.41, 5.74) is -0.638. The van der Waals surface area contributed by atoms with Crippen molar-refractivity contribution < 1.29 is 28.7 Å². The second-order valence-electron chi connectivity index (χ2n) is 7.72. The van der Waals surface area contributed by atoms with E-state index in [-0.39, 0.29) is 35.3 Å². The monoisotopic (exact) mass is 454 g/mol. The molecule has 0 aliphatic carbocycles. The van der Waals surface area contributed by atoms with Crippen molar-refractivity contribution in [2.24, 2.45) is 5.41 Å². The second-order valence-corrected chi connectivity index (χ2v) is 8.79. The number of methoxy groups -OCH3 is 2. The first-order valence-electron chi connectivity index (χ1n) is 10.2. The number of likely N-dealkylation sites (tertiary alicyclic amines) is 1. The van der Waals surface area contributed by atoms with E-state index in [0.29, 0.717) is 18.7 Å². The number of thioether (sulfide) groups is 1. The molecule has 0 radical (unpaired) electrons. The van der Waals surface area contributed by atoms with Gasteiger partial charge in [-0.05, 0) is 25.8 Å². The van der Waals surface area contributed by atoms with E-state index in [2.05, 4.69) is 6.92 Å². The molecular formula is C21H30N2O7S. The van der Waals surface area contributed by atoms with Crippen LogP contribution in [0.25, 0.3) is 0 Å². The number of unbranched alkanes of at least 4 members (excludes halogenated alkanes) is 2. The highest BCUT2D eigenvalue weighted by atomic mass is 32.2. The van der Waals surface area contributed by atoms with Gasteiger partial charge in [0.25, 0.3) is 5.69 Å². The summed E-state index contributed by atoms with van der Waals surface area (Å²) in [4.78, 5) is 37.5. The predicted octanol–water partition coefficient (Wildman–Crippen LogP) is 4.41. The van der Waals surface area contributed by atoms with E-state index in [0.717, 1.165) is 25.0 Å². The fourth-order valence-corrected chi connectivity index (χ4v) is 4.45. The van der Waals surface area contributed by atoms with Crippen molar-refractivity contribution in [1.29, 1.82) is 0 Å². The van der Waals surface area contributed by atoms with Gasteiger partial charge in [0.1, 0.15) is 6.61 Å². The molecule has 10 heteroatoms. The van der Waals surface area contributed by atoms with Crippen LogP contribution in [0.5, 0.6) is 11.5 Å². The van der Waals surface area contributed by atoms with Crippen LogP contribution in [0.15, 0.2) is 12.1 Å². The molecule has 172 valence electrons. The van der Waals surface area contributed by atoms with Crippen molar-refractivity contribution in [1.82, 2.24) is 4.90 Å². The highest BCUT2D eigenvalue weighted by Crippen LogP contribution is 2.37. The molecule has 0 aromatic heterocycles. The van der Waals surface area contributed by atoms with Gasteiger partial charge in [-0.2, -0.15) is 0 Å². The standard InChI is InChI=1S/C21H30N2O7S/c1-5-6-7-10-31-19(24)21(2)8-9-22(14-21)20(25)30-13-15-11-17(28-3)18(29-4)12-16(15)23(26)27/h11-12H,5-10,13-14H2,1-4H3. The normalized spacial score (nSPS) is 18.0. The summed E-state index contributed by atoms with van der Waals surface area (Å²) in [6, 6.07) is 2.66. The number of nitro benzene ring substituents is 1. The lowest BCUT2D eigenvalue weighted by atomic mass is 9.92. The molecule has 1 aromatic carbocycles. The van der Waals surface area contributed by atoms with Crippen LogP contribution in [-0.4, -0.2) is 54.1 Å². The third-order valence-electron chi connectivity index (χ3n) is 5.34. The summed E-state index contributed by atoms with van der Waals surface area (Å²) < 4.78 is 15.6. The number of ether oxygens (including phenoxy) is 3. The van der Waals surface area contributed by atoms with Gasteiger partial charge in [0, 0.05) is 18.8 Å². The van der Waals surface area contributed by atoms with Crippen molar-refractivity contribution in [3.8, 4) is 11.5 Å². The average molecular weight is 455 g/mol. The highest BCUT2D eigenvalue weighted by molar-refractivity contribution is 8.13. The number of amides is 1. The first kappa shape index (κ1) is 24.8. The number of hydrogen-bond acceptors (Lipinski definition) is 8. The van der Waals surface area contributed by atoms with Crippen LogP contribution in [0, 0.1) is 15.5 Å². The maximum absolute atomic E-state index is 12.6. The molecule has 0 N–H and O–H groups in total. The average Bonchev–Trinajstić information content (AvgIpc) is 3.17. The summed E-state index contributed by atoms with van der Waals surface area (Å²) in [5, 5.41) is 11.5. The minimum Gasteiger partial charge on any atom is -0.493 e. The molecule has 1 aliphatic heterocycles. The Kier molecular flexibility index (Phi) is 8.97. The Morgan fingerprint density at radius 2 is 1.90 bits per heavy atom. The zero-order valence-electron chi connectivity index (χ0n) is 18.5. The number of nitrogens with zero attached hydrogens (tertiary/aromatic N) is 2. The number of carbonyl (C=O) groups excluding carboxylic acids is 2. The van der Waals surface area contributed by atoms with Crippen LogP contribution in [0.2, 0.25) is 0 Å². The smallest absolute Gasteiger partial charge is 0.410 e. The first-order chi connectivity index (χ1) is 14.8. The van der Waals surface area contributed by atoms with Gasteiger partial charge in [0.2, 0.25) is 0 Å². The lowest BCUT2D eigenvalue weighted by Gasteiger charge is -2.22. The maximum Gasteiger partial charge on any atom is 0.410 e. The first-order valence-corrected chi connectivity index (χ1v) is 11.2. The quantitative estimate of drug-likeness (QED) is 0.291. The molecule has 1 fully saturated rings. The molecule has 2 rings (SSSR count). The second kappa shape index (κ2) is 11.2. The van der Waals surface area contributed by atoms with Crippen molar-refractivity contribution in [3.63, 3.8) is 0 Å². The Morgan fingerprint density at radius 1 is 1.23 bits per heavy atom. The molecule has 1 saturated heterocycles. The molecule has 1 heterocycles. The molecule has 1 unspecified atom stereocenters. The van der Waals surface area contributed by atoms with E-state index < -0.39 is 16.4 Å². The van der Waals surface area contributed by atoms with E-state index in [9.17, 15) is 19.7 Å². The number of rotatable bonds is 10. The Balaban J connectivity index is 1.99. The SMILES string of the molecule is CCCCCSC(=O)C1(C)CCN(C(=O)OCc2cc(OC)c(OC)cc2[N+](=O)[O-])C1.